The van der Waals surface area contributed by atoms with Gasteiger partial charge in [0.15, 0.2) is 5.16 Å². The van der Waals surface area contributed by atoms with E-state index in [4.69, 9.17) is 0 Å². The maximum Gasteiger partial charge on any atom is 0.321 e. The van der Waals surface area contributed by atoms with Gasteiger partial charge in [0, 0.05) is 6.54 Å². The van der Waals surface area contributed by atoms with Crippen LogP contribution in [-0.2, 0) is 4.79 Å². The highest BCUT2D eigenvalue weighted by molar-refractivity contribution is 7.99. The molecule has 0 saturated heterocycles. The van der Waals surface area contributed by atoms with E-state index in [1.54, 1.807) is 22.8 Å². The van der Waals surface area contributed by atoms with Crippen molar-refractivity contribution in [3.8, 4) is 5.69 Å². The summed E-state index contributed by atoms with van der Waals surface area (Å²) in [5, 5.41) is 5.62. The van der Waals surface area contributed by atoms with Crippen LogP contribution in [0, 0.1) is 0 Å². The van der Waals surface area contributed by atoms with Crippen molar-refractivity contribution in [3.63, 3.8) is 0 Å². The average molecular weight is 437 g/mol. The molecule has 0 fully saturated rings. The Bertz CT molecular complexity index is 1190. The van der Waals surface area contributed by atoms with E-state index in [-0.39, 0.29) is 23.8 Å². The minimum absolute atomic E-state index is 0.0733. The molecular weight excluding hydrogens is 412 g/mol. The van der Waals surface area contributed by atoms with E-state index >= 15 is 0 Å². The van der Waals surface area contributed by atoms with E-state index in [1.165, 1.54) is 6.08 Å². The van der Waals surface area contributed by atoms with Gasteiger partial charge in [0.25, 0.3) is 5.56 Å². The summed E-state index contributed by atoms with van der Waals surface area (Å²) in [5.74, 6) is -0.377. The highest BCUT2D eigenvalue weighted by Crippen LogP contribution is 2.27. The van der Waals surface area contributed by atoms with Gasteiger partial charge in [0.2, 0.25) is 5.91 Å². The molecule has 8 heteroatoms. The molecular formula is C23H24N4O3S. The first-order valence-corrected chi connectivity index (χ1v) is 10.8. The predicted molar refractivity (Wildman–Crippen MR) is 124 cm³/mol. The zero-order valence-corrected chi connectivity index (χ0v) is 18.2. The van der Waals surface area contributed by atoms with Crippen LogP contribution in [0.15, 0.2) is 71.1 Å². The summed E-state index contributed by atoms with van der Waals surface area (Å²) >= 11 is 1.10. The van der Waals surface area contributed by atoms with Gasteiger partial charge in [-0.1, -0.05) is 62.0 Å². The number of carbonyl (C=O) groups excluding carboxylic acids is 2. The molecule has 0 aliphatic rings. The standard InChI is InChI=1S/C23H24N4O3S/c1-4-13-24-22(30)26-20(28)14-31-23-25-18-11-7-5-10-17(18)21(29)27(23)19-12-8-6-9-16(19)15(2)3/h4-12,15H,1,13-14H2,2-3H3,(H2,24,26,28,30). The quantitative estimate of drug-likeness (QED) is 0.335. The number of para-hydroxylation sites is 2. The molecule has 0 radical (unpaired) electrons. The van der Waals surface area contributed by atoms with Gasteiger partial charge >= 0.3 is 6.03 Å². The molecule has 160 valence electrons. The van der Waals surface area contributed by atoms with E-state index < -0.39 is 11.9 Å². The second-order valence-electron chi connectivity index (χ2n) is 7.10. The van der Waals surface area contributed by atoms with Gasteiger partial charge in [-0.15, -0.1) is 6.58 Å². The third kappa shape index (κ3) is 5.21. The summed E-state index contributed by atoms with van der Waals surface area (Å²) in [6, 6.07) is 14.2. The Morgan fingerprint density at radius 1 is 1.16 bits per heavy atom. The molecule has 2 N–H and O–H groups in total. The van der Waals surface area contributed by atoms with Crippen LogP contribution in [0.1, 0.15) is 25.3 Å². The van der Waals surface area contributed by atoms with Crippen molar-refractivity contribution in [3.05, 3.63) is 77.1 Å². The maximum absolute atomic E-state index is 13.4. The lowest BCUT2D eigenvalue weighted by atomic mass is 10.0. The molecule has 3 aromatic rings. The van der Waals surface area contributed by atoms with Gasteiger partial charge in [0.1, 0.15) is 0 Å². The van der Waals surface area contributed by atoms with Crippen molar-refractivity contribution in [1.82, 2.24) is 20.2 Å². The molecule has 0 spiro atoms. The van der Waals surface area contributed by atoms with Crippen LogP contribution in [0.25, 0.3) is 16.6 Å². The Hall–Kier alpha value is -3.39. The number of amides is 3. The molecule has 1 heterocycles. The van der Waals surface area contributed by atoms with Crippen LogP contribution >= 0.6 is 11.8 Å². The second kappa shape index (κ2) is 10.1. The molecule has 0 bridgehead atoms. The van der Waals surface area contributed by atoms with Crippen molar-refractivity contribution < 1.29 is 9.59 Å². The van der Waals surface area contributed by atoms with Gasteiger partial charge < -0.3 is 5.32 Å². The van der Waals surface area contributed by atoms with Gasteiger partial charge in [-0.3, -0.25) is 19.5 Å². The van der Waals surface area contributed by atoms with Crippen molar-refractivity contribution in [2.75, 3.05) is 12.3 Å². The first kappa shape index (κ1) is 22.3. The van der Waals surface area contributed by atoms with Crippen LogP contribution in [-0.4, -0.2) is 33.8 Å². The predicted octanol–water partition coefficient (Wildman–Crippen LogP) is 3.61. The molecule has 1 aromatic heterocycles. The minimum atomic E-state index is -0.598. The van der Waals surface area contributed by atoms with E-state index in [9.17, 15) is 14.4 Å². The van der Waals surface area contributed by atoms with E-state index in [0.29, 0.717) is 16.1 Å². The molecule has 7 nitrogen and oxygen atoms in total. The van der Waals surface area contributed by atoms with E-state index in [0.717, 1.165) is 23.0 Å². The lowest BCUT2D eigenvalue weighted by molar-refractivity contribution is -0.117. The molecule has 3 rings (SSSR count). The number of thioether (sulfide) groups is 1. The summed E-state index contributed by atoms with van der Waals surface area (Å²) in [5.41, 5.74) is 2.08. The molecule has 0 aliphatic carbocycles. The Morgan fingerprint density at radius 2 is 1.87 bits per heavy atom. The van der Waals surface area contributed by atoms with Crippen LogP contribution in [0.2, 0.25) is 0 Å². The fourth-order valence-corrected chi connectivity index (χ4v) is 3.91. The normalized spacial score (nSPS) is 10.8. The minimum Gasteiger partial charge on any atom is -0.334 e. The molecule has 2 aromatic carbocycles. The van der Waals surface area contributed by atoms with Crippen LogP contribution in [0.4, 0.5) is 4.79 Å². The van der Waals surface area contributed by atoms with Crippen LogP contribution in [0.5, 0.6) is 0 Å². The number of imide groups is 1. The van der Waals surface area contributed by atoms with Crippen molar-refractivity contribution in [1.29, 1.82) is 0 Å². The number of nitrogens with one attached hydrogen (secondary N) is 2. The SMILES string of the molecule is C=CCNC(=O)NC(=O)CSc1nc2ccccc2c(=O)n1-c1ccccc1C(C)C. The summed E-state index contributed by atoms with van der Waals surface area (Å²) in [7, 11) is 0. The van der Waals surface area contributed by atoms with E-state index in [1.807, 2.05) is 30.3 Å². The lowest BCUT2D eigenvalue weighted by Crippen LogP contribution is -2.40. The number of hydrogen-bond donors (Lipinski definition) is 2. The number of aromatic nitrogens is 2. The molecule has 0 atom stereocenters. The molecule has 0 unspecified atom stereocenters. The van der Waals surface area contributed by atoms with Crippen molar-refractivity contribution in [2.24, 2.45) is 0 Å². The summed E-state index contributed by atoms with van der Waals surface area (Å²) in [4.78, 5) is 42.0. The fraction of sp³-hybridized carbons (Fsp3) is 0.217. The smallest absolute Gasteiger partial charge is 0.321 e. The number of benzene rings is 2. The number of nitrogens with zero attached hydrogens (tertiary/aromatic N) is 2. The number of rotatable bonds is 7. The molecule has 0 saturated carbocycles. The monoisotopic (exact) mass is 436 g/mol. The summed E-state index contributed by atoms with van der Waals surface area (Å²) in [6.07, 6.45) is 1.52. The fourth-order valence-electron chi connectivity index (χ4n) is 3.10. The summed E-state index contributed by atoms with van der Waals surface area (Å²) < 4.78 is 1.55. The topological polar surface area (TPSA) is 93.1 Å². The van der Waals surface area contributed by atoms with Gasteiger partial charge in [-0.2, -0.15) is 0 Å². The zero-order chi connectivity index (χ0) is 22.4. The van der Waals surface area contributed by atoms with Crippen LogP contribution < -0.4 is 16.2 Å². The zero-order valence-electron chi connectivity index (χ0n) is 17.4. The third-order valence-electron chi connectivity index (χ3n) is 4.54. The van der Waals surface area contributed by atoms with Gasteiger partial charge in [-0.05, 0) is 29.7 Å². The Morgan fingerprint density at radius 3 is 2.61 bits per heavy atom. The highest BCUT2D eigenvalue weighted by Gasteiger charge is 2.18. The first-order chi connectivity index (χ1) is 14.9. The first-order valence-electron chi connectivity index (χ1n) is 9.84. The van der Waals surface area contributed by atoms with Crippen LogP contribution in [0.3, 0.4) is 0 Å². The largest absolute Gasteiger partial charge is 0.334 e. The van der Waals surface area contributed by atoms with E-state index in [2.05, 4.69) is 36.0 Å². The average Bonchev–Trinajstić information content (AvgIpc) is 2.76. The Balaban J connectivity index is 2.00. The molecule has 0 aliphatic heterocycles. The number of urea groups is 1. The Labute approximate surface area is 184 Å². The summed E-state index contributed by atoms with van der Waals surface area (Å²) in [6.45, 7) is 7.87. The lowest BCUT2D eigenvalue weighted by Gasteiger charge is -2.18. The number of fused-ring (bicyclic) bond motifs is 1. The molecule has 31 heavy (non-hydrogen) atoms. The van der Waals surface area contributed by atoms with Gasteiger partial charge in [0.05, 0.1) is 22.3 Å². The number of hydrogen-bond acceptors (Lipinski definition) is 5. The second-order valence-corrected chi connectivity index (χ2v) is 8.04. The Kier molecular flexibility index (Phi) is 7.25. The highest BCUT2D eigenvalue weighted by atomic mass is 32.2. The van der Waals surface area contributed by atoms with Crippen molar-refractivity contribution >= 4 is 34.6 Å². The van der Waals surface area contributed by atoms with Gasteiger partial charge in [-0.25, -0.2) is 9.78 Å². The van der Waals surface area contributed by atoms with Crippen molar-refractivity contribution in [2.45, 2.75) is 24.9 Å². The maximum atomic E-state index is 13.4. The molecule has 3 amide bonds. The number of carbonyl (C=O) groups is 2. The third-order valence-corrected chi connectivity index (χ3v) is 5.48.